The first-order valence-electron chi connectivity index (χ1n) is 12.6. The molecule has 0 aromatic rings. The van der Waals surface area contributed by atoms with Crippen molar-refractivity contribution in [3.63, 3.8) is 0 Å². The topological polar surface area (TPSA) is 183 Å². The maximum absolute atomic E-state index is 13.9. The highest BCUT2D eigenvalue weighted by atomic mass is 31.2. The van der Waals surface area contributed by atoms with Gasteiger partial charge in [0.25, 0.3) is 0 Å². The molecular weight excluding hydrogens is 525 g/mol. The Bertz CT molecular complexity index is 767. The molecule has 0 rings (SSSR count). The van der Waals surface area contributed by atoms with Gasteiger partial charge in [-0.15, -0.1) is 0 Å². The van der Waals surface area contributed by atoms with Crippen LogP contribution in [0.25, 0.3) is 0 Å². The molecule has 3 N–H and O–H groups in total. The van der Waals surface area contributed by atoms with Crippen molar-refractivity contribution >= 4 is 32.0 Å². The van der Waals surface area contributed by atoms with E-state index in [4.69, 9.17) is 33.4 Å². The number of carbonyl (C=O) groups is 3. The van der Waals surface area contributed by atoms with Crippen molar-refractivity contribution in [2.24, 2.45) is 11.8 Å². The Hall–Kier alpha value is -2.57. The molecule has 38 heavy (non-hydrogen) atoms. The molecule has 0 aromatic carbocycles. The monoisotopic (exact) mass is 569 g/mol. The van der Waals surface area contributed by atoms with Gasteiger partial charge in [-0.25, -0.2) is 18.9 Å². The third kappa shape index (κ3) is 13.8. The van der Waals surface area contributed by atoms with Gasteiger partial charge in [-0.3, -0.25) is 19.5 Å². The van der Waals surface area contributed by atoms with Crippen LogP contribution in [-0.2, 0) is 37.4 Å². The molecule has 0 heterocycles. The van der Waals surface area contributed by atoms with Gasteiger partial charge < -0.3 is 29.0 Å². The first kappa shape index (κ1) is 35.4. The Morgan fingerprint density at radius 1 is 0.868 bits per heavy atom. The van der Waals surface area contributed by atoms with Gasteiger partial charge in [-0.1, -0.05) is 54.4 Å². The standard InChI is InChI=1S/C23H44N3O11P/c1-9-11-13-32-22(29)34-19(15(3)4)36-38(31,25-21(24)26(8)17(7)18(27)28)37-20(16(5)6)35-23(30)33-14-12-10-2/h15-17,19-20H,9-14H2,1-8H3,(H,27,28)(H2,24,25,31). The van der Waals surface area contributed by atoms with Crippen molar-refractivity contribution in [2.45, 2.75) is 92.8 Å². The Morgan fingerprint density at radius 3 is 1.58 bits per heavy atom. The average Bonchev–Trinajstić information content (AvgIpc) is 2.82. The second-order valence-corrected chi connectivity index (χ2v) is 10.8. The van der Waals surface area contributed by atoms with Crippen molar-refractivity contribution < 1.29 is 52.1 Å². The van der Waals surface area contributed by atoms with Crippen molar-refractivity contribution in [1.82, 2.24) is 9.99 Å². The number of carboxylic acid groups (broad SMARTS) is 1. The highest BCUT2D eigenvalue weighted by Crippen LogP contribution is 2.48. The minimum absolute atomic E-state index is 0.110. The van der Waals surface area contributed by atoms with Crippen molar-refractivity contribution in [1.29, 1.82) is 5.41 Å². The predicted molar refractivity (Wildman–Crippen MR) is 137 cm³/mol. The van der Waals surface area contributed by atoms with Gasteiger partial charge in [0.05, 0.1) is 13.2 Å². The number of carboxylic acids is 1. The molecule has 0 aliphatic carbocycles. The highest BCUT2D eigenvalue weighted by Gasteiger charge is 2.40. The zero-order valence-corrected chi connectivity index (χ0v) is 24.4. The predicted octanol–water partition coefficient (Wildman–Crippen LogP) is 4.93. The first-order valence-corrected chi connectivity index (χ1v) is 14.2. The van der Waals surface area contributed by atoms with E-state index in [1.54, 1.807) is 27.7 Å². The number of nitrogens with zero attached hydrogens (tertiary/aromatic N) is 1. The summed E-state index contributed by atoms with van der Waals surface area (Å²) in [4.78, 5) is 36.6. The van der Waals surface area contributed by atoms with Crippen LogP contribution in [0.2, 0.25) is 0 Å². The molecule has 3 atom stereocenters. The fourth-order valence-electron chi connectivity index (χ4n) is 2.34. The van der Waals surface area contributed by atoms with E-state index in [0.29, 0.717) is 12.8 Å². The van der Waals surface area contributed by atoms with Crippen LogP contribution < -0.4 is 5.09 Å². The SMILES string of the molecule is CCCCOC(=O)OC(OP(=O)(NC(=N)N(C)C(C)C(=O)O)OC(OC(=O)OCCCC)C(C)C)C(C)C. The number of rotatable bonds is 17. The van der Waals surface area contributed by atoms with Gasteiger partial charge in [0.2, 0.25) is 18.5 Å². The summed E-state index contributed by atoms with van der Waals surface area (Å²) in [5.41, 5.74) is 0. The van der Waals surface area contributed by atoms with Crippen LogP contribution >= 0.6 is 7.75 Å². The Balaban J connectivity index is 5.95. The number of aliphatic carboxylic acids is 1. The van der Waals surface area contributed by atoms with E-state index in [-0.39, 0.29) is 13.2 Å². The highest BCUT2D eigenvalue weighted by molar-refractivity contribution is 7.52. The summed E-state index contributed by atoms with van der Waals surface area (Å²) in [5, 5.41) is 19.8. The molecule has 0 radical (unpaired) electrons. The number of ether oxygens (including phenoxy) is 4. The third-order valence-electron chi connectivity index (χ3n) is 4.97. The molecule has 15 heteroatoms. The van der Waals surface area contributed by atoms with Crippen molar-refractivity contribution in [3.8, 4) is 0 Å². The van der Waals surface area contributed by atoms with E-state index < -0.39 is 62.4 Å². The lowest BCUT2D eigenvalue weighted by Gasteiger charge is -2.32. The van der Waals surface area contributed by atoms with Crippen LogP contribution in [-0.4, -0.2) is 73.1 Å². The summed E-state index contributed by atoms with van der Waals surface area (Å²) in [7, 11) is -3.39. The lowest BCUT2D eigenvalue weighted by atomic mass is 10.2. The van der Waals surface area contributed by atoms with E-state index >= 15 is 0 Å². The number of carbonyl (C=O) groups excluding carboxylic acids is 2. The quantitative estimate of drug-likeness (QED) is 0.0536. The molecule has 0 aliphatic rings. The number of unbranched alkanes of at least 4 members (excludes halogenated alkanes) is 2. The summed E-state index contributed by atoms with van der Waals surface area (Å²) in [5.74, 6) is -3.00. The number of hydrogen-bond acceptors (Lipinski definition) is 11. The van der Waals surface area contributed by atoms with Crippen molar-refractivity contribution in [3.05, 3.63) is 0 Å². The van der Waals surface area contributed by atoms with Crippen LogP contribution in [0, 0.1) is 17.2 Å². The molecule has 222 valence electrons. The van der Waals surface area contributed by atoms with Gasteiger partial charge in [-0.2, -0.15) is 0 Å². The number of hydrogen-bond donors (Lipinski definition) is 3. The van der Waals surface area contributed by atoms with Gasteiger partial charge in [0, 0.05) is 18.9 Å². The third-order valence-corrected chi connectivity index (χ3v) is 6.42. The summed E-state index contributed by atoms with van der Waals surface area (Å²) >= 11 is 0. The number of nitrogens with one attached hydrogen (secondary N) is 2. The molecule has 0 aromatic heterocycles. The Morgan fingerprint density at radius 2 is 1.26 bits per heavy atom. The van der Waals surface area contributed by atoms with E-state index in [0.717, 1.165) is 17.7 Å². The molecular formula is C23H44N3O11P. The summed E-state index contributed by atoms with van der Waals surface area (Å²) in [6.45, 7) is 11.8. The van der Waals surface area contributed by atoms with Crippen molar-refractivity contribution in [2.75, 3.05) is 20.3 Å². The number of guanidine groups is 1. The van der Waals surface area contributed by atoms with E-state index in [1.807, 2.05) is 13.8 Å². The molecule has 0 amide bonds. The fourth-order valence-corrected chi connectivity index (χ4v) is 4.03. The fraction of sp³-hybridized carbons (Fsp3) is 0.826. The van der Waals surface area contributed by atoms with E-state index in [1.165, 1.54) is 14.0 Å². The second-order valence-electron chi connectivity index (χ2n) is 9.16. The van der Waals surface area contributed by atoms with Gasteiger partial charge >= 0.3 is 26.0 Å². The van der Waals surface area contributed by atoms with Gasteiger partial charge in [-0.05, 0) is 19.8 Å². The lowest BCUT2D eigenvalue weighted by molar-refractivity contribution is -0.141. The smallest absolute Gasteiger partial charge is 0.480 e. The minimum atomic E-state index is -4.67. The van der Waals surface area contributed by atoms with E-state index in [9.17, 15) is 24.1 Å². The molecule has 0 saturated carbocycles. The average molecular weight is 570 g/mol. The molecule has 0 aliphatic heterocycles. The molecule has 0 saturated heterocycles. The van der Waals surface area contributed by atoms with Gasteiger partial charge in [0.1, 0.15) is 6.04 Å². The van der Waals surface area contributed by atoms with Crippen LogP contribution in [0.4, 0.5) is 9.59 Å². The first-order chi connectivity index (χ1) is 17.7. The van der Waals surface area contributed by atoms with Crippen LogP contribution in [0.15, 0.2) is 0 Å². The van der Waals surface area contributed by atoms with Gasteiger partial charge in [0.15, 0.2) is 0 Å². The van der Waals surface area contributed by atoms with E-state index in [2.05, 4.69) is 5.09 Å². The Labute approximate surface area is 224 Å². The maximum atomic E-state index is 13.9. The summed E-state index contributed by atoms with van der Waals surface area (Å²) < 4.78 is 45.3. The normalized spacial score (nSPS) is 15.1. The Kier molecular flexibility index (Phi) is 16.6. The molecule has 0 bridgehead atoms. The molecule has 0 spiro atoms. The van der Waals surface area contributed by atoms with Crippen LogP contribution in [0.5, 0.6) is 0 Å². The number of likely N-dealkylation sites (N-methyl/N-ethyl adjacent to an activating group) is 1. The van der Waals surface area contributed by atoms with Crippen LogP contribution in [0.1, 0.15) is 74.1 Å². The molecule has 3 unspecified atom stereocenters. The largest absolute Gasteiger partial charge is 0.510 e. The second kappa shape index (κ2) is 17.8. The molecule has 14 nitrogen and oxygen atoms in total. The lowest BCUT2D eigenvalue weighted by Crippen LogP contribution is -2.46. The maximum Gasteiger partial charge on any atom is 0.510 e. The zero-order valence-electron chi connectivity index (χ0n) is 23.6. The van der Waals surface area contributed by atoms with Crippen LogP contribution in [0.3, 0.4) is 0 Å². The molecule has 0 fully saturated rings. The minimum Gasteiger partial charge on any atom is -0.480 e. The summed E-state index contributed by atoms with van der Waals surface area (Å²) in [6.07, 6.45) is -2.28. The zero-order chi connectivity index (χ0) is 29.5. The summed E-state index contributed by atoms with van der Waals surface area (Å²) in [6, 6.07) is -1.18.